The lowest BCUT2D eigenvalue weighted by molar-refractivity contribution is -0.139. The molecule has 3 aromatic rings. The lowest BCUT2D eigenvalue weighted by Crippen LogP contribution is -2.44. The van der Waals surface area contributed by atoms with E-state index in [2.05, 4.69) is 10.3 Å². The van der Waals surface area contributed by atoms with Crippen molar-refractivity contribution in [3.05, 3.63) is 66.4 Å². The first-order valence-electron chi connectivity index (χ1n) is 9.37. The highest BCUT2D eigenvalue weighted by molar-refractivity contribution is 6.05. The minimum absolute atomic E-state index is 0.225. The molecule has 2 N–H and O–H groups in total. The zero-order valence-corrected chi connectivity index (χ0v) is 15.3. The van der Waals surface area contributed by atoms with Gasteiger partial charge in [-0.05, 0) is 55.7 Å². The monoisotopic (exact) mass is 375 g/mol. The lowest BCUT2D eigenvalue weighted by Gasteiger charge is -2.34. The highest BCUT2D eigenvalue weighted by Crippen LogP contribution is 2.25. The molecule has 1 amide bonds. The molecule has 2 aromatic carbocycles. The SMILES string of the molecule is O=C(Nc1cnc2ccccc2c1)c1ccc(N2CCCCC2C(=O)O)cc1. The molecule has 28 heavy (non-hydrogen) atoms. The average Bonchev–Trinajstić information content (AvgIpc) is 2.73. The Morgan fingerprint density at radius 3 is 2.64 bits per heavy atom. The van der Waals surface area contributed by atoms with E-state index < -0.39 is 12.0 Å². The lowest BCUT2D eigenvalue weighted by atomic mass is 10.0. The number of nitrogens with zero attached hydrogens (tertiary/aromatic N) is 2. The molecule has 1 aliphatic rings. The Bertz CT molecular complexity index is 1020. The molecule has 0 saturated carbocycles. The second kappa shape index (κ2) is 7.68. The Morgan fingerprint density at radius 1 is 1.07 bits per heavy atom. The summed E-state index contributed by atoms with van der Waals surface area (Å²) in [6.07, 6.45) is 4.18. The van der Waals surface area contributed by atoms with Gasteiger partial charge >= 0.3 is 5.97 Å². The third-order valence-electron chi connectivity index (χ3n) is 5.10. The van der Waals surface area contributed by atoms with Crippen LogP contribution in [0, 0.1) is 0 Å². The summed E-state index contributed by atoms with van der Waals surface area (Å²) in [5.74, 6) is -1.03. The van der Waals surface area contributed by atoms with Gasteiger partial charge in [0.15, 0.2) is 0 Å². The Kier molecular flexibility index (Phi) is 4.93. The van der Waals surface area contributed by atoms with E-state index in [4.69, 9.17) is 0 Å². The number of pyridine rings is 1. The Morgan fingerprint density at radius 2 is 1.86 bits per heavy atom. The topological polar surface area (TPSA) is 82.5 Å². The number of aromatic nitrogens is 1. The molecule has 1 unspecified atom stereocenters. The number of nitrogens with one attached hydrogen (secondary N) is 1. The van der Waals surface area contributed by atoms with Gasteiger partial charge in [-0.2, -0.15) is 0 Å². The van der Waals surface area contributed by atoms with Gasteiger partial charge in [-0.1, -0.05) is 18.2 Å². The number of piperidine rings is 1. The van der Waals surface area contributed by atoms with Crippen LogP contribution < -0.4 is 10.2 Å². The van der Waals surface area contributed by atoms with Crippen LogP contribution in [0.15, 0.2) is 60.8 Å². The molecule has 0 bridgehead atoms. The number of rotatable bonds is 4. The maximum Gasteiger partial charge on any atom is 0.326 e. The number of hydrogen-bond acceptors (Lipinski definition) is 4. The quantitative estimate of drug-likeness (QED) is 0.722. The van der Waals surface area contributed by atoms with Crippen LogP contribution in [-0.4, -0.2) is 34.6 Å². The third-order valence-corrected chi connectivity index (χ3v) is 5.10. The molecule has 1 aromatic heterocycles. The van der Waals surface area contributed by atoms with Crippen LogP contribution >= 0.6 is 0 Å². The van der Waals surface area contributed by atoms with Crippen LogP contribution in [0.5, 0.6) is 0 Å². The minimum atomic E-state index is -0.801. The number of para-hydroxylation sites is 1. The van der Waals surface area contributed by atoms with Crippen molar-refractivity contribution in [2.75, 3.05) is 16.8 Å². The van der Waals surface area contributed by atoms with Crippen molar-refractivity contribution in [1.29, 1.82) is 0 Å². The van der Waals surface area contributed by atoms with E-state index in [1.54, 1.807) is 18.3 Å². The van der Waals surface area contributed by atoms with E-state index in [1.165, 1.54) is 0 Å². The van der Waals surface area contributed by atoms with E-state index in [-0.39, 0.29) is 5.91 Å². The van der Waals surface area contributed by atoms with E-state index in [0.29, 0.717) is 24.2 Å². The molecule has 1 aliphatic heterocycles. The van der Waals surface area contributed by atoms with Crippen molar-refractivity contribution in [2.24, 2.45) is 0 Å². The van der Waals surface area contributed by atoms with Crippen molar-refractivity contribution >= 4 is 34.2 Å². The summed E-state index contributed by atoms with van der Waals surface area (Å²) >= 11 is 0. The molecule has 0 aliphatic carbocycles. The summed E-state index contributed by atoms with van der Waals surface area (Å²) in [7, 11) is 0. The van der Waals surface area contributed by atoms with Crippen LogP contribution in [0.4, 0.5) is 11.4 Å². The van der Waals surface area contributed by atoms with Crippen molar-refractivity contribution in [2.45, 2.75) is 25.3 Å². The first-order valence-corrected chi connectivity index (χ1v) is 9.37. The normalized spacial score (nSPS) is 16.7. The summed E-state index contributed by atoms with van der Waals surface area (Å²) < 4.78 is 0. The molecule has 0 spiro atoms. The fourth-order valence-electron chi connectivity index (χ4n) is 3.64. The molecule has 1 saturated heterocycles. The van der Waals surface area contributed by atoms with Gasteiger partial charge in [-0.15, -0.1) is 0 Å². The molecule has 142 valence electrons. The van der Waals surface area contributed by atoms with Gasteiger partial charge in [0.05, 0.1) is 17.4 Å². The molecule has 1 atom stereocenters. The summed E-state index contributed by atoms with van der Waals surface area (Å²) in [5, 5.41) is 13.3. The summed E-state index contributed by atoms with van der Waals surface area (Å²) in [4.78, 5) is 30.3. The molecule has 1 fully saturated rings. The second-order valence-corrected chi connectivity index (χ2v) is 6.96. The Hall–Kier alpha value is -3.41. The number of benzene rings is 2. The van der Waals surface area contributed by atoms with Crippen LogP contribution in [0.25, 0.3) is 10.9 Å². The third kappa shape index (κ3) is 3.67. The first-order chi connectivity index (χ1) is 13.6. The number of fused-ring (bicyclic) bond motifs is 1. The average molecular weight is 375 g/mol. The summed E-state index contributed by atoms with van der Waals surface area (Å²) in [6.45, 7) is 0.714. The zero-order valence-electron chi connectivity index (χ0n) is 15.3. The predicted octanol–water partition coefficient (Wildman–Crippen LogP) is 3.93. The standard InChI is InChI=1S/C22H21N3O3/c26-21(24-17-13-16-5-1-2-6-19(16)23-14-17)15-8-10-18(11-9-15)25-12-4-3-7-20(25)22(27)28/h1-2,5-6,8-11,13-14,20H,3-4,7,12H2,(H,24,26)(H,27,28). The molecule has 2 heterocycles. The number of hydrogen-bond donors (Lipinski definition) is 2. The molecular formula is C22H21N3O3. The first kappa shape index (κ1) is 18.0. The van der Waals surface area contributed by atoms with E-state index >= 15 is 0 Å². The molecule has 0 radical (unpaired) electrons. The molecule has 4 rings (SSSR count). The van der Waals surface area contributed by atoms with Crippen molar-refractivity contribution in [1.82, 2.24) is 4.98 Å². The number of anilines is 2. The van der Waals surface area contributed by atoms with Gasteiger partial charge in [0.25, 0.3) is 5.91 Å². The maximum atomic E-state index is 12.6. The summed E-state index contributed by atoms with van der Waals surface area (Å²) in [5.41, 5.74) is 2.85. The predicted molar refractivity (Wildman–Crippen MR) is 109 cm³/mol. The summed E-state index contributed by atoms with van der Waals surface area (Å²) in [6, 6.07) is 16.2. The van der Waals surface area contributed by atoms with Crippen molar-refractivity contribution in [3.8, 4) is 0 Å². The second-order valence-electron chi connectivity index (χ2n) is 6.96. The Labute approximate surface area is 162 Å². The largest absolute Gasteiger partial charge is 0.480 e. The highest BCUT2D eigenvalue weighted by atomic mass is 16.4. The van der Waals surface area contributed by atoms with Gasteiger partial charge < -0.3 is 15.3 Å². The van der Waals surface area contributed by atoms with Gasteiger partial charge in [0, 0.05) is 23.2 Å². The number of carbonyl (C=O) groups is 2. The van der Waals surface area contributed by atoms with Crippen molar-refractivity contribution < 1.29 is 14.7 Å². The molecule has 6 heteroatoms. The number of carboxylic acid groups (broad SMARTS) is 1. The van der Waals surface area contributed by atoms with Gasteiger partial charge in [0.2, 0.25) is 0 Å². The van der Waals surface area contributed by atoms with Gasteiger partial charge in [-0.25, -0.2) is 4.79 Å². The smallest absolute Gasteiger partial charge is 0.326 e. The fourth-order valence-corrected chi connectivity index (χ4v) is 3.64. The number of carbonyl (C=O) groups excluding carboxylic acids is 1. The number of amides is 1. The number of carboxylic acids is 1. The van der Waals surface area contributed by atoms with Crippen LogP contribution in [0.1, 0.15) is 29.6 Å². The van der Waals surface area contributed by atoms with Crippen LogP contribution in [0.2, 0.25) is 0 Å². The van der Waals surface area contributed by atoms with Gasteiger partial charge in [0.1, 0.15) is 6.04 Å². The fraction of sp³-hybridized carbons (Fsp3) is 0.227. The molecule has 6 nitrogen and oxygen atoms in total. The Balaban J connectivity index is 1.49. The van der Waals surface area contributed by atoms with Crippen LogP contribution in [-0.2, 0) is 4.79 Å². The molecular weight excluding hydrogens is 354 g/mol. The number of aliphatic carboxylic acids is 1. The van der Waals surface area contributed by atoms with E-state index in [1.807, 2.05) is 47.4 Å². The van der Waals surface area contributed by atoms with Crippen molar-refractivity contribution in [3.63, 3.8) is 0 Å². The van der Waals surface area contributed by atoms with E-state index in [0.717, 1.165) is 29.4 Å². The van der Waals surface area contributed by atoms with Crippen LogP contribution in [0.3, 0.4) is 0 Å². The zero-order chi connectivity index (χ0) is 19.5. The maximum absolute atomic E-state index is 12.6. The minimum Gasteiger partial charge on any atom is -0.480 e. The van der Waals surface area contributed by atoms with E-state index in [9.17, 15) is 14.7 Å². The highest BCUT2D eigenvalue weighted by Gasteiger charge is 2.28. The van der Waals surface area contributed by atoms with Gasteiger partial charge in [-0.3, -0.25) is 9.78 Å².